The normalized spacial score (nSPS) is 13.9. The SMILES string of the molecule is CC(C)Oc1ccc(S(C)(=O)=O)cc1C(=O)N1Cc2cn(-c3cccc(C(F)(F)F)c3F)nc2C1. The number of fused-ring (bicyclic) bond motifs is 1. The van der Waals surface area contributed by atoms with Gasteiger partial charge in [0.1, 0.15) is 11.4 Å². The van der Waals surface area contributed by atoms with Crippen LogP contribution in [0.15, 0.2) is 47.5 Å². The third-order valence-corrected chi connectivity index (χ3v) is 6.48. The van der Waals surface area contributed by atoms with Crippen molar-refractivity contribution in [3.05, 3.63) is 70.8 Å². The van der Waals surface area contributed by atoms with Crippen LogP contribution in [0.5, 0.6) is 5.75 Å². The lowest BCUT2D eigenvalue weighted by molar-refractivity contribution is -0.140. The van der Waals surface area contributed by atoms with Crippen molar-refractivity contribution in [2.24, 2.45) is 0 Å². The maximum absolute atomic E-state index is 14.5. The summed E-state index contributed by atoms with van der Waals surface area (Å²) in [6.45, 7) is 3.59. The minimum absolute atomic E-state index is 0.00592. The number of amides is 1. The van der Waals surface area contributed by atoms with E-state index in [1.807, 2.05) is 0 Å². The summed E-state index contributed by atoms with van der Waals surface area (Å²) in [7, 11) is -3.58. The standard InChI is InChI=1S/C23H21F4N3O4S/c1-13(2)34-20-8-7-15(35(3,32)33)9-16(20)22(31)29-10-14-11-30(28-18(14)12-29)19-6-4-5-17(21(19)24)23(25,26)27/h4-9,11,13H,10,12H2,1-3H3. The molecule has 35 heavy (non-hydrogen) atoms. The summed E-state index contributed by atoms with van der Waals surface area (Å²) < 4.78 is 84.4. The Morgan fingerprint density at radius 1 is 1.14 bits per heavy atom. The molecule has 2 heterocycles. The highest BCUT2D eigenvalue weighted by atomic mass is 32.2. The van der Waals surface area contributed by atoms with E-state index in [1.165, 1.54) is 35.4 Å². The molecule has 1 aromatic heterocycles. The van der Waals surface area contributed by atoms with Crippen molar-refractivity contribution in [2.45, 2.75) is 44.1 Å². The fourth-order valence-electron chi connectivity index (χ4n) is 3.77. The third-order valence-electron chi connectivity index (χ3n) is 5.37. The van der Waals surface area contributed by atoms with E-state index in [0.717, 1.165) is 17.0 Å². The predicted molar refractivity (Wildman–Crippen MR) is 117 cm³/mol. The van der Waals surface area contributed by atoms with Crippen LogP contribution in [0.2, 0.25) is 0 Å². The largest absolute Gasteiger partial charge is 0.490 e. The fraction of sp³-hybridized carbons (Fsp3) is 0.304. The molecule has 1 aliphatic rings. The molecule has 0 aliphatic carbocycles. The molecule has 2 aromatic carbocycles. The van der Waals surface area contributed by atoms with Crippen LogP contribution in [0.4, 0.5) is 17.6 Å². The molecule has 186 valence electrons. The van der Waals surface area contributed by atoms with Crippen LogP contribution in [0.1, 0.15) is 41.0 Å². The maximum Gasteiger partial charge on any atom is 0.419 e. The van der Waals surface area contributed by atoms with Gasteiger partial charge in [-0.05, 0) is 44.2 Å². The number of aromatic nitrogens is 2. The molecule has 0 saturated heterocycles. The van der Waals surface area contributed by atoms with Crippen molar-refractivity contribution < 1.29 is 35.5 Å². The summed E-state index contributed by atoms with van der Waals surface area (Å²) in [6.07, 6.45) is -2.72. The second kappa shape index (κ2) is 8.67. The van der Waals surface area contributed by atoms with Crippen molar-refractivity contribution in [3.8, 4) is 11.4 Å². The number of carbonyl (C=O) groups excluding carboxylic acids is 1. The second-order valence-electron chi connectivity index (χ2n) is 8.44. The van der Waals surface area contributed by atoms with E-state index in [1.54, 1.807) is 13.8 Å². The highest BCUT2D eigenvalue weighted by Gasteiger charge is 2.36. The lowest BCUT2D eigenvalue weighted by Gasteiger charge is -2.20. The van der Waals surface area contributed by atoms with Gasteiger partial charge < -0.3 is 9.64 Å². The Labute approximate surface area is 198 Å². The van der Waals surface area contributed by atoms with Gasteiger partial charge in [-0.3, -0.25) is 4.79 Å². The van der Waals surface area contributed by atoms with E-state index < -0.39 is 33.3 Å². The van der Waals surface area contributed by atoms with E-state index in [-0.39, 0.29) is 41.1 Å². The summed E-state index contributed by atoms with van der Waals surface area (Å²) in [5, 5.41) is 4.19. The molecule has 1 aliphatic heterocycles. The molecule has 0 radical (unpaired) electrons. The average molecular weight is 511 g/mol. The predicted octanol–water partition coefficient (Wildman–Crippen LogP) is 4.38. The van der Waals surface area contributed by atoms with Crippen LogP contribution in [-0.2, 0) is 29.1 Å². The molecule has 7 nitrogen and oxygen atoms in total. The van der Waals surface area contributed by atoms with Crippen LogP contribution >= 0.6 is 0 Å². The number of alkyl halides is 3. The maximum atomic E-state index is 14.5. The number of carbonyl (C=O) groups is 1. The number of ether oxygens (including phenoxy) is 1. The highest BCUT2D eigenvalue weighted by molar-refractivity contribution is 7.90. The van der Waals surface area contributed by atoms with Gasteiger partial charge in [-0.25, -0.2) is 17.5 Å². The number of nitrogens with zero attached hydrogens (tertiary/aromatic N) is 3. The van der Waals surface area contributed by atoms with E-state index in [2.05, 4.69) is 5.10 Å². The van der Waals surface area contributed by atoms with Gasteiger partial charge >= 0.3 is 6.18 Å². The van der Waals surface area contributed by atoms with Gasteiger partial charge in [-0.1, -0.05) is 6.07 Å². The van der Waals surface area contributed by atoms with Crippen molar-refractivity contribution in [3.63, 3.8) is 0 Å². The quantitative estimate of drug-likeness (QED) is 0.475. The van der Waals surface area contributed by atoms with Gasteiger partial charge in [0.05, 0.1) is 34.4 Å². The Bertz CT molecular complexity index is 1390. The van der Waals surface area contributed by atoms with Gasteiger partial charge in [0.15, 0.2) is 15.7 Å². The minimum Gasteiger partial charge on any atom is -0.490 e. The molecule has 0 fully saturated rings. The third kappa shape index (κ3) is 4.88. The van der Waals surface area contributed by atoms with Crippen LogP contribution in [-0.4, -0.2) is 41.4 Å². The first-order chi connectivity index (χ1) is 16.3. The Balaban J connectivity index is 1.63. The summed E-state index contributed by atoms with van der Waals surface area (Å²) in [6, 6.07) is 6.96. The van der Waals surface area contributed by atoms with Crippen LogP contribution in [0.25, 0.3) is 5.69 Å². The molecule has 0 atom stereocenters. The first kappa shape index (κ1) is 24.7. The van der Waals surface area contributed by atoms with Crippen molar-refractivity contribution in [1.82, 2.24) is 14.7 Å². The Morgan fingerprint density at radius 3 is 2.46 bits per heavy atom. The average Bonchev–Trinajstić information content (AvgIpc) is 3.31. The number of hydrogen-bond acceptors (Lipinski definition) is 5. The molecule has 0 spiro atoms. The molecule has 12 heteroatoms. The summed E-state index contributed by atoms with van der Waals surface area (Å²) in [4.78, 5) is 14.6. The first-order valence-corrected chi connectivity index (χ1v) is 12.4. The first-order valence-electron chi connectivity index (χ1n) is 10.5. The zero-order chi connectivity index (χ0) is 25.7. The van der Waals surface area contributed by atoms with Gasteiger partial charge in [0.2, 0.25) is 0 Å². The highest BCUT2D eigenvalue weighted by Crippen LogP contribution is 2.34. The van der Waals surface area contributed by atoms with Crippen LogP contribution in [0, 0.1) is 5.82 Å². The smallest absolute Gasteiger partial charge is 0.419 e. The van der Waals surface area contributed by atoms with E-state index in [9.17, 15) is 30.8 Å². The lowest BCUT2D eigenvalue weighted by atomic mass is 10.1. The topological polar surface area (TPSA) is 81.5 Å². The number of benzene rings is 2. The monoisotopic (exact) mass is 511 g/mol. The van der Waals surface area contributed by atoms with Gasteiger partial charge in [-0.15, -0.1) is 0 Å². The van der Waals surface area contributed by atoms with Crippen LogP contribution < -0.4 is 4.74 Å². The summed E-state index contributed by atoms with van der Waals surface area (Å²) in [5.74, 6) is -1.72. The Kier molecular flexibility index (Phi) is 6.12. The van der Waals surface area contributed by atoms with Gasteiger partial charge in [-0.2, -0.15) is 18.3 Å². The van der Waals surface area contributed by atoms with Crippen molar-refractivity contribution >= 4 is 15.7 Å². The van der Waals surface area contributed by atoms with E-state index >= 15 is 0 Å². The Morgan fingerprint density at radius 2 is 1.86 bits per heavy atom. The number of hydrogen-bond donors (Lipinski definition) is 0. The number of sulfone groups is 1. The molecule has 1 amide bonds. The zero-order valence-electron chi connectivity index (χ0n) is 18.9. The molecular formula is C23H21F4N3O4S. The molecule has 0 unspecified atom stereocenters. The van der Waals surface area contributed by atoms with Crippen LogP contribution in [0.3, 0.4) is 0 Å². The molecule has 0 N–H and O–H groups in total. The summed E-state index contributed by atoms with van der Waals surface area (Å²) in [5.41, 5.74) is -0.781. The number of rotatable bonds is 5. The van der Waals surface area contributed by atoms with Gasteiger partial charge in [0.25, 0.3) is 5.91 Å². The molecule has 0 saturated carbocycles. The van der Waals surface area contributed by atoms with Crippen molar-refractivity contribution in [1.29, 1.82) is 0 Å². The molecule has 0 bridgehead atoms. The molecule has 3 aromatic rings. The van der Waals surface area contributed by atoms with Gasteiger partial charge in [0, 0.05) is 24.6 Å². The summed E-state index contributed by atoms with van der Waals surface area (Å²) >= 11 is 0. The van der Waals surface area contributed by atoms with E-state index in [0.29, 0.717) is 17.3 Å². The number of halogens is 4. The molecule has 4 rings (SSSR count). The van der Waals surface area contributed by atoms with E-state index in [4.69, 9.17) is 4.74 Å². The lowest BCUT2D eigenvalue weighted by Crippen LogP contribution is -2.27. The Hall–Kier alpha value is -3.41. The minimum atomic E-state index is -4.85. The second-order valence-corrected chi connectivity index (χ2v) is 10.5. The zero-order valence-corrected chi connectivity index (χ0v) is 19.7. The van der Waals surface area contributed by atoms with Crippen molar-refractivity contribution in [2.75, 3.05) is 6.26 Å². The molecular weight excluding hydrogens is 490 g/mol. The fourth-order valence-corrected chi connectivity index (χ4v) is 4.42.